The molecule has 0 aromatic carbocycles. The normalized spacial score (nSPS) is 11.5. The molecule has 0 saturated heterocycles. The van der Waals surface area contributed by atoms with Crippen LogP contribution in [0, 0.1) is 5.92 Å². The number of hydrogen-bond acceptors (Lipinski definition) is 2. The van der Waals surface area contributed by atoms with Crippen molar-refractivity contribution in [2.45, 2.75) is 27.2 Å². The molecule has 4 heteroatoms. The van der Waals surface area contributed by atoms with E-state index < -0.39 is 5.97 Å². The van der Waals surface area contributed by atoms with Gasteiger partial charge in [0.15, 0.2) is 0 Å². The highest BCUT2D eigenvalue weighted by Gasteiger charge is 2.04. The van der Waals surface area contributed by atoms with Crippen LogP contribution in [-0.2, 0) is 9.59 Å². The molecule has 2 N–H and O–H groups in total. The summed E-state index contributed by atoms with van der Waals surface area (Å²) < 4.78 is 0. The Hall–Kier alpha value is -1.32. The van der Waals surface area contributed by atoms with Crippen molar-refractivity contribution in [2.24, 2.45) is 5.92 Å². The van der Waals surface area contributed by atoms with Crippen molar-refractivity contribution in [1.82, 2.24) is 5.32 Å². The Labute approximate surface area is 77.6 Å². The number of aliphatic carboxylic acids is 1. The summed E-state index contributed by atoms with van der Waals surface area (Å²) in [6.07, 6.45) is 1.59. The number of allylic oxidation sites excluding steroid dienone is 1. The average Bonchev–Trinajstić information content (AvgIpc) is 1.80. The molecule has 0 spiro atoms. The largest absolute Gasteiger partial charge is 0.478 e. The number of carbonyl (C=O) groups is 2. The first-order valence-corrected chi connectivity index (χ1v) is 4.13. The van der Waals surface area contributed by atoms with Gasteiger partial charge < -0.3 is 10.4 Å². The average molecular weight is 185 g/mol. The SMILES string of the molecule is CC(=O)N/C(=C\C(=O)O)CC(C)C. The smallest absolute Gasteiger partial charge is 0.330 e. The Bertz CT molecular complexity index is 231. The van der Waals surface area contributed by atoms with Gasteiger partial charge in [0.1, 0.15) is 0 Å². The Balaban J connectivity index is 4.36. The quantitative estimate of drug-likeness (QED) is 0.645. The second-order valence-electron chi connectivity index (χ2n) is 3.29. The van der Waals surface area contributed by atoms with Crippen molar-refractivity contribution in [3.8, 4) is 0 Å². The lowest BCUT2D eigenvalue weighted by Gasteiger charge is -2.09. The van der Waals surface area contributed by atoms with Gasteiger partial charge in [-0.1, -0.05) is 13.8 Å². The molecule has 0 heterocycles. The van der Waals surface area contributed by atoms with E-state index in [-0.39, 0.29) is 5.91 Å². The molecule has 0 unspecified atom stereocenters. The second kappa shape index (κ2) is 5.35. The third-order valence-electron chi connectivity index (χ3n) is 1.26. The summed E-state index contributed by atoms with van der Waals surface area (Å²) in [6.45, 7) is 5.27. The van der Waals surface area contributed by atoms with Crippen LogP contribution >= 0.6 is 0 Å². The minimum Gasteiger partial charge on any atom is -0.478 e. The zero-order valence-corrected chi connectivity index (χ0v) is 8.13. The van der Waals surface area contributed by atoms with E-state index in [9.17, 15) is 9.59 Å². The molecule has 0 radical (unpaired) electrons. The molecule has 74 valence electrons. The molecule has 0 bridgehead atoms. The fourth-order valence-corrected chi connectivity index (χ4v) is 0.961. The summed E-state index contributed by atoms with van der Waals surface area (Å²) in [7, 11) is 0. The van der Waals surface area contributed by atoms with Crippen LogP contribution in [0.25, 0.3) is 0 Å². The van der Waals surface area contributed by atoms with Crippen LogP contribution in [-0.4, -0.2) is 17.0 Å². The molecule has 0 rings (SSSR count). The molecule has 0 aromatic heterocycles. The zero-order valence-electron chi connectivity index (χ0n) is 8.13. The summed E-state index contributed by atoms with van der Waals surface area (Å²) in [5, 5.41) is 11.0. The van der Waals surface area contributed by atoms with Gasteiger partial charge in [0, 0.05) is 18.7 Å². The van der Waals surface area contributed by atoms with E-state index in [0.717, 1.165) is 6.08 Å². The first kappa shape index (κ1) is 11.7. The highest BCUT2D eigenvalue weighted by molar-refractivity contribution is 5.82. The number of carboxylic acids is 1. The van der Waals surface area contributed by atoms with Gasteiger partial charge in [-0.05, 0) is 12.3 Å². The maximum absolute atomic E-state index is 10.7. The maximum atomic E-state index is 10.7. The summed E-state index contributed by atoms with van der Waals surface area (Å²) in [5.74, 6) is -0.963. The summed E-state index contributed by atoms with van der Waals surface area (Å²) in [6, 6.07) is 0. The van der Waals surface area contributed by atoms with Gasteiger partial charge in [0.05, 0.1) is 0 Å². The standard InChI is InChI=1S/C9H15NO3/c1-6(2)4-8(5-9(12)13)10-7(3)11/h5-6H,4H2,1-3H3,(H,10,11)(H,12,13)/b8-5-. The first-order chi connectivity index (χ1) is 5.91. The van der Waals surface area contributed by atoms with Gasteiger partial charge in [-0.3, -0.25) is 4.79 Å². The number of carbonyl (C=O) groups excluding carboxylic acids is 1. The van der Waals surface area contributed by atoms with E-state index >= 15 is 0 Å². The van der Waals surface area contributed by atoms with Crippen LogP contribution in [0.4, 0.5) is 0 Å². The fraction of sp³-hybridized carbons (Fsp3) is 0.556. The topological polar surface area (TPSA) is 66.4 Å². The lowest BCUT2D eigenvalue weighted by Crippen LogP contribution is -2.21. The summed E-state index contributed by atoms with van der Waals surface area (Å²) in [4.78, 5) is 21.0. The molecular formula is C9H15NO3. The Morgan fingerprint density at radius 3 is 2.31 bits per heavy atom. The van der Waals surface area contributed by atoms with E-state index in [1.165, 1.54) is 6.92 Å². The first-order valence-electron chi connectivity index (χ1n) is 4.13. The summed E-state index contributed by atoms with van der Waals surface area (Å²) in [5.41, 5.74) is 0.454. The van der Waals surface area contributed by atoms with Crippen LogP contribution < -0.4 is 5.32 Å². The molecule has 0 aromatic rings. The van der Waals surface area contributed by atoms with Gasteiger partial charge in [0.25, 0.3) is 0 Å². The van der Waals surface area contributed by atoms with Gasteiger partial charge >= 0.3 is 5.97 Å². The fourth-order valence-electron chi connectivity index (χ4n) is 0.961. The lowest BCUT2D eigenvalue weighted by molar-refractivity contribution is -0.131. The van der Waals surface area contributed by atoms with Crippen molar-refractivity contribution in [2.75, 3.05) is 0 Å². The molecule has 13 heavy (non-hydrogen) atoms. The molecule has 0 aliphatic carbocycles. The van der Waals surface area contributed by atoms with Crippen LogP contribution in [0.1, 0.15) is 27.2 Å². The zero-order chi connectivity index (χ0) is 10.4. The van der Waals surface area contributed by atoms with Crippen LogP contribution in [0.15, 0.2) is 11.8 Å². The molecule has 4 nitrogen and oxygen atoms in total. The number of amides is 1. The highest BCUT2D eigenvalue weighted by atomic mass is 16.4. The van der Waals surface area contributed by atoms with Crippen LogP contribution in [0.2, 0.25) is 0 Å². The van der Waals surface area contributed by atoms with E-state index in [2.05, 4.69) is 5.32 Å². The molecule has 0 fully saturated rings. The molecule has 0 saturated carbocycles. The van der Waals surface area contributed by atoms with Gasteiger partial charge in [0.2, 0.25) is 5.91 Å². The van der Waals surface area contributed by atoms with E-state index in [0.29, 0.717) is 18.0 Å². The van der Waals surface area contributed by atoms with Crippen molar-refractivity contribution in [1.29, 1.82) is 0 Å². The highest BCUT2D eigenvalue weighted by Crippen LogP contribution is 2.07. The molecule has 1 amide bonds. The van der Waals surface area contributed by atoms with Crippen LogP contribution in [0.5, 0.6) is 0 Å². The predicted molar refractivity (Wildman–Crippen MR) is 49.0 cm³/mol. The Morgan fingerprint density at radius 2 is 2.00 bits per heavy atom. The third-order valence-corrected chi connectivity index (χ3v) is 1.26. The minimum absolute atomic E-state index is 0.242. The van der Waals surface area contributed by atoms with Crippen molar-refractivity contribution < 1.29 is 14.7 Å². The van der Waals surface area contributed by atoms with E-state index in [1.807, 2.05) is 13.8 Å². The lowest BCUT2D eigenvalue weighted by atomic mass is 10.1. The summed E-state index contributed by atoms with van der Waals surface area (Å²) >= 11 is 0. The third kappa shape index (κ3) is 7.05. The molecule has 0 aliphatic heterocycles. The second-order valence-corrected chi connectivity index (χ2v) is 3.29. The van der Waals surface area contributed by atoms with Crippen molar-refractivity contribution in [3.63, 3.8) is 0 Å². The number of nitrogens with one attached hydrogen (secondary N) is 1. The number of carboxylic acid groups (broad SMARTS) is 1. The van der Waals surface area contributed by atoms with E-state index in [4.69, 9.17) is 5.11 Å². The van der Waals surface area contributed by atoms with Gasteiger partial charge in [-0.15, -0.1) is 0 Å². The van der Waals surface area contributed by atoms with Crippen molar-refractivity contribution in [3.05, 3.63) is 11.8 Å². The van der Waals surface area contributed by atoms with Crippen LogP contribution in [0.3, 0.4) is 0 Å². The monoisotopic (exact) mass is 185 g/mol. The number of hydrogen-bond donors (Lipinski definition) is 2. The van der Waals surface area contributed by atoms with Crippen molar-refractivity contribution >= 4 is 11.9 Å². The Morgan fingerprint density at radius 1 is 1.46 bits per heavy atom. The van der Waals surface area contributed by atoms with Gasteiger partial charge in [-0.2, -0.15) is 0 Å². The number of rotatable bonds is 4. The maximum Gasteiger partial charge on any atom is 0.330 e. The minimum atomic E-state index is -1.04. The van der Waals surface area contributed by atoms with E-state index in [1.54, 1.807) is 0 Å². The van der Waals surface area contributed by atoms with Gasteiger partial charge in [-0.25, -0.2) is 4.79 Å². The molecule has 0 atom stereocenters. The predicted octanol–water partition coefficient (Wildman–Crippen LogP) is 1.14. The molecule has 0 aliphatic rings. The molecular weight excluding hydrogens is 170 g/mol. The Kier molecular flexibility index (Phi) is 4.80.